The molecule has 1 unspecified atom stereocenters. The van der Waals surface area contributed by atoms with Crippen LogP contribution in [0, 0.1) is 6.92 Å². The van der Waals surface area contributed by atoms with Gasteiger partial charge in [0.2, 0.25) is 5.91 Å². The fraction of sp³-hybridized carbons (Fsp3) is 0.368. The van der Waals surface area contributed by atoms with Gasteiger partial charge in [0.1, 0.15) is 17.1 Å². The van der Waals surface area contributed by atoms with Gasteiger partial charge < -0.3 is 25.9 Å². The van der Waals surface area contributed by atoms with E-state index in [0.717, 1.165) is 11.3 Å². The van der Waals surface area contributed by atoms with Gasteiger partial charge in [-0.25, -0.2) is 4.99 Å². The van der Waals surface area contributed by atoms with Crippen LogP contribution >= 0.6 is 24.0 Å². The molecular formula is C19H27IN4O3. The Kier molecular flexibility index (Phi) is 8.77. The van der Waals surface area contributed by atoms with Crippen molar-refractivity contribution in [2.24, 2.45) is 10.7 Å². The predicted molar refractivity (Wildman–Crippen MR) is 116 cm³/mol. The molecule has 1 aromatic heterocycles. The SMILES string of the molecule is CCNC(=NCc1ccc(C(N)=O)cc1)NCC(C)(O)c1ccc(C)o1.I. The predicted octanol–water partition coefficient (Wildman–Crippen LogP) is 2.27. The molecule has 5 N–H and O–H groups in total. The van der Waals surface area contributed by atoms with Crippen LogP contribution in [0.4, 0.5) is 0 Å². The Balaban J connectivity index is 0.00000364. The molecule has 7 nitrogen and oxygen atoms in total. The summed E-state index contributed by atoms with van der Waals surface area (Å²) < 4.78 is 5.51. The number of amides is 1. The molecule has 148 valence electrons. The lowest BCUT2D eigenvalue weighted by Gasteiger charge is -2.22. The van der Waals surface area contributed by atoms with Gasteiger partial charge in [0.25, 0.3) is 0 Å². The molecule has 1 heterocycles. The zero-order chi connectivity index (χ0) is 19.2. The van der Waals surface area contributed by atoms with Gasteiger partial charge in [-0.1, -0.05) is 12.1 Å². The van der Waals surface area contributed by atoms with E-state index in [1.807, 2.05) is 32.0 Å². The monoisotopic (exact) mass is 486 g/mol. The number of nitrogens with one attached hydrogen (secondary N) is 2. The largest absolute Gasteiger partial charge is 0.463 e. The zero-order valence-corrected chi connectivity index (χ0v) is 18.1. The first-order valence-electron chi connectivity index (χ1n) is 8.52. The number of hydrogen-bond acceptors (Lipinski definition) is 4. The molecule has 2 aromatic rings. The molecule has 0 bridgehead atoms. The van der Waals surface area contributed by atoms with E-state index in [1.165, 1.54) is 0 Å². The van der Waals surface area contributed by atoms with Crippen LogP contribution < -0.4 is 16.4 Å². The fourth-order valence-corrected chi connectivity index (χ4v) is 2.35. The molecule has 0 saturated carbocycles. The maximum absolute atomic E-state index is 11.1. The van der Waals surface area contributed by atoms with Crippen LogP contribution in [0.3, 0.4) is 0 Å². The molecule has 0 aliphatic carbocycles. The van der Waals surface area contributed by atoms with E-state index in [-0.39, 0.29) is 30.5 Å². The summed E-state index contributed by atoms with van der Waals surface area (Å²) >= 11 is 0. The van der Waals surface area contributed by atoms with Crippen molar-refractivity contribution in [2.45, 2.75) is 32.9 Å². The second-order valence-corrected chi connectivity index (χ2v) is 6.29. The number of aryl methyl sites for hydroxylation is 1. The Morgan fingerprint density at radius 3 is 2.41 bits per heavy atom. The third-order valence-corrected chi connectivity index (χ3v) is 3.87. The Morgan fingerprint density at radius 2 is 1.89 bits per heavy atom. The van der Waals surface area contributed by atoms with Crippen LogP contribution in [0.15, 0.2) is 45.8 Å². The summed E-state index contributed by atoms with van der Waals surface area (Å²) in [6.07, 6.45) is 0. The molecule has 8 heteroatoms. The van der Waals surface area contributed by atoms with Gasteiger partial charge in [-0.05, 0) is 50.6 Å². The van der Waals surface area contributed by atoms with E-state index < -0.39 is 11.5 Å². The number of halogens is 1. The van der Waals surface area contributed by atoms with E-state index in [4.69, 9.17) is 10.2 Å². The van der Waals surface area contributed by atoms with Crippen molar-refractivity contribution in [3.8, 4) is 0 Å². The average molecular weight is 486 g/mol. The van der Waals surface area contributed by atoms with Gasteiger partial charge in [0, 0.05) is 12.1 Å². The number of furan rings is 1. The van der Waals surface area contributed by atoms with Crippen molar-refractivity contribution < 1.29 is 14.3 Å². The maximum Gasteiger partial charge on any atom is 0.248 e. The van der Waals surface area contributed by atoms with Crippen LogP contribution in [0.5, 0.6) is 0 Å². The molecule has 0 fully saturated rings. The minimum absolute atomic E-state index is 0. The third-order valence-electron chi connectivity index (χ3n) is 3.87. The molecule has 1 aromatic carbocycles. The second kappa shape index (κ2) is 10.3. The molecule has 0 aliphatic heterocycles. The molecule has 2 rings (SSSR count). The fourth-order valence-electron chi connectivity index (χ4n) is 2.35. The summed E-state index contributed by atoms with van der Waals surface area (Å²) in [5.41, 5.74) is 5.49. The van der Waals surface area contributed by atoms with E-state index in [1.54, 1.807) is 25.1 Å². The number of primary amides is 1. The number of rotatable bonds is 7. The van der Waals surface area contributed by atoms with Gasteiger partial charge in [-0.3, -0.25) is 4.79 Å². The smallest absolute Gasteiger partial charge is 0.248 e. The minimum atomic E-state index is -1.16. The first-order valence-corrected chi connectivity index (χ1v) is 8.52. The number of carbonyl (C=O) groups excluding carboxylic acids is 1. The normalized spacial score (nSPS) is 13.4. The van der Waals surface area contributed by atoms with Gasteiger partial charge in [0.15, 0.2) is 5.96 Å². The average Bonchev–Trinajstić information content (AvgIpc) is 3.05. The van der Waals surface area contributed by atoms with Crippen LogP contribution in [0.2, 0.25) is 0 Å². The Labute approximate surface area is 176 Å². The first kappa shape index (κ1) is 23.0. The number of aliphatic hydroxyl groups is 1. The third kappa shape index (κ3) is 6.87. The van der Waals surface area contributed by atoms with Crippen molar-refractivity contribution in [1.29, 1.82) is 0 Å². The highest BCUT2D eigenvalue weighted by molar-refractivity contribution is 14.0. The van der Waals surface area contributed by atoms with E-state index in [2.05, 4.69) is 15.6 Å². The van der Waals surface area contributed by atoms with Gasteiger partial charge in [0.05, 0.1) is 13.1 Å². The summed E-state index contributed by atoms with van der Waals surface area (Å²) in [6.45, 7) is 6.84. The van der Waals surface area contributed by atoms with Crippen molar-refractivity contribution in [3.05, 3.63) is 59.0 Å². The minimum Gasteiger partial charge on any atom is -0.463 e. The number of nitrogens with two attached hydrogens (primary N) is 1. The molecular weight excluding hydrogens is 459 g/mol. The number of nitrogens with zero attached hydrogens (tertiary/aromatic N) is 1. The lowest BCUT2D eigenvalue weighted by Crippen LogP contribution is -2.44. The topological polar surface area (TPSA) is 113 Å². The van der Waals surface area contributed by atoms with Crippen LogP contribution in [-0.4, -0.2) is 30.1 Å². The number of aliphatic imine (C=N–C) groups is 1. The summed E-state index contributed by atoms with van der Waals surface area (Å²) in [5.74, 6) is 1.38. The van der Waals surface area contributed by atoms with Gasteiger partial charge >= 0.3 is 0 Å². The zero-order valence-electron chi connectivity index (χ0n) is 15.8. The number of benzene rings is 1. The molecule has 27 heavy (non-hydrogen) atoms. The number of carbonyl (C=O) groups is 1. The standard InChI is InChI=1S/C19H26N4O3.HI/c1-4-21-18(22-11-14-6-8-15(9-7-14)17(20)24)23-12-19(3,25)16-10-5-13(2)26-16;/h5-10,25H,4,11-12H2,1-3H3,(H2,20,24)(H2,21,22,23);1H. The Bertz CT molecular complexity index is 770. The Hall–Kier alpha value is -2.07. The Morgan fingerprint density at radius 1 is 1.22 bits per heavy atom. The summed E-state index contributed by atoms with van der Waals surface area (Å²) in [4.78, 5) is 15.6. The van der Waals surface area contributed by atoms with Crippen LogP contribution in [-0.2, 0) is 12.1 Å². The summed E-state index contributed by atoms with van der Waals surface area (Å²) in [5, 5.41) is 16.9. The van der Waals surface area contributed by atoms with E-state index in [9.17, 15) is 9.90 Å². The molecule has 0 spiro atoms. The van der Waals surface area contributed by atoms with Gasteiger partial charge in [-0.15, -0.1) is 24.0 Å². The molecule has 0 saturated heterocycles. The lowest BCUT2D eigenvalue weighted by atomic mass is 10.0. The first-order chi connectivity index (χ1) is 12.3. The number of hydrogen-bond donors (Lipinski definition) is 4. The molecule has 1 amide bonds. The van der Waals surface area contributed by atoms with E-state index in [0.29, 0.717) is 30.4 Å². The highest BCUT2D eigenvalue weighted by atomic mass is 127. The molecule has 0 radical (unpaired) electrons. The second-order valence-electron chi connectivity index (χ2n) is 6.29. The maximum atomic E-state index is 11.1. The van der Waals surface area contributed by atoms with Crippen molar-refractivity contribution >= 4 is 35.8 Å². The number of guanidine groups is 1. The highest BCUT2D eigenvalue weighted by Crippen LogP contribution is 2.21. The van der Waals surface area contributed by atoms with E-state index >= 15 is 0 Å². The highest BCUT2D eigenvalue weighted by Gasteiger charge is 2.27. The van der Waals surface area contributed by atoms with Crippen LogP contribution in [0.25, 0.3) is 0 Å². The summed E-state index contributed by atoms with van der Waals surface area (Å²) in [7, 11) is 0. The molecule has 0 aliphatic rings. The lowest BCUT2D eigenvalue weighted by molar-refractivity contribution is 0.0378. The van der Waals surface area contributed by atoms with Crippen LogP contribution in [0.1, 0.15) is 41.3 Å². The van der Waals surface area contributed by atoms with Crippen molar-refractivity contribution in [2.75, 3.05) is 13.1 Å². The summed E-state index contributed by atoms with van der Waals surface area (Å²) in [6, 6.07) is 10.6. The van der Waals surface area contributed by atoms with Gasteiger partial charge in [-0.2, -0.15) is 0 Å². The van der Waals surface area contributed by atoms with Crippen molar-refractivity contribution in [1.82, 2.24) is 10.6 Å². The quantitative estimate of drug-likeness (QED) is 0.273. The molecule has 1 atom stereocenters. The van der Waals surface area contributed by atoms with Crippen molar-refractivity contribution in [3.63, 3.8) is 0 Å².